The van der Waals surface area contributed by atoms with E-state index < -0.39 is 5.97 Å². The maximum absolute atomic E-state index is 11.5. The fourth-order valence-electron chi connectivity index (χ4n) is 1.57. The van der Waals surface area contributed by atoms with E-state index in [1.807, 2.05) is 6.92 Å². The number of hydrogen-bond acceptors (Lipinski definition) is 6. The van der Waals surface area contributed by atoms with Crippen molar-refractivity contribution in [1.29, 1.82) is 0 Å². The minimum atomic E-state index is -0.439. The van der Waals surface area contributed by atoms with E-state index >= 15 is 0 Å². The third-order valence-electron chi connectivity index (χ3n) is 2.57. The molecule has 96 valence electrons. The molecule has 0 N–H and O–H groups in total. The molecule has 0 aliphatic rings. The molecule has 0 atom stereocenters. The summed E-state index contributed by atoms with van der Waals surface area (Å²) in [5.41, 5.74) is 0.367. The molecule has 0 saturated heterocycles. The molecule has 7 nitrogen and oxygen atoms in total. The van der Waals surface area contributed by atoms with Gasteiger partial charge in [0.15, 0.2) is 5.82 Å². The molecule has 18 heavy (non-hydrogen) atoms. The van der Waals surface area contributed by atoms with Gasteiger partial charge >= 0.3 is 5.97 Å². The monoisotopic (exact) mass is 250 g/mol. The van der Waals surface area contributed by atoms with Gasteiger partial charge in [0, 0.05) is 6.42 Å². The highest BCUT2D eigenvalue weighted by Gasteiger charge is 2.17. The van der Waals surface area contributed by atoms with Crippen molar-refractivity contribution in [2.45, 2.75) is 26.8 Å². The van der Waals surface area contributed by atoms with Crippen molar-refractivity contribution >= 4 is 5.97 Å². The third-order valence-corrected chi connectivity index (χ3v) is 2.57. The summed E-state index contributed by atoms with van der Waals surface area (Å²) in [7, 11) is 1.33. The minimum absolute atomic E-state index is 0.309. The Labute approximate surface area is 104 Å². The standard InChI is InChI=1S/C11H14N4O3/c1-4-9-13-10(18-14-9)6-15-7(2)12-5-8(15)11(16)17-3/h5H,4,6H2,1-3H3. The molecular weight excluding hydrogens is 236 g/mol. The van der Waals surface area contributed by atoms with Crippen molar-refractivity contribution in [2.75, 3.05) is 7.11 Å². The van der Waals surface area contributed by atoms with Crippen molar-refractivity contribution in [3.05, 3.63) is 29.4 Å². The Morgan fingerprint density at radius 1 is 1.56 bits per heavy atom. The number of aryl methyl sites for hydroxylation is 2. The number of ether oxygens (including phenoxy) is 1. The molecule has 2 heterocycles. The summed E-state index contributed by atoms with van der Waals surface area (Å²) < 4.78 is 11.5. The first-order valence-corrected chi connectivity index (χ1v) is 5.57. The zero-order chi connectivity index (χ0) is 13.1. The highest BCUT2D eigenvalue weighted by molar-refractivity contribution is 5.87. The van der Waals surface area contributed by atoms with Gasteiger partial charge in [-0.15, -0.1) is 0 Å². The molecule has 0 aliphatic carbocycles. The number of aromatic nitrogens is 4. The zero-order valence-electron chi connectivity index (χ0n) is 10.5. The second kappa shape index (κ2) is 4.99. The van der Waals surface area contributed by atoms with Gasteiger partial charge in [0.05, 0.1) is 13.3 Å². The second-order valence-corrected chi connectivity index (χ2v) is 3.73. The molecule has 0 radical (unpaired) electrons. The summed E-state index contributed by atoms with van der Waals surface area (Å²) in [4.78, 5) is 19.8. The Balaban J connectivity index is 2.27. The molecule has 0 fully saturated rings. The number of esters is 1. The summed E-state index contributed by atoms with van der Waals surface area (Å²) >= 11 is 0. The summed E-state index contributed by atoms with van der Waals surface area (Å²) in [5.74, 6) is 1.33. The van der Waals surface area contributed by atoms with Crippen LogP contribution in [-0.4, -0.2) is 32.8 Å². The van der Waals surface area contributed by atoms with Crippen LogP contribution in [0.15, 0.2) is 10.7 Å². The minimum Gasteiger partial charge on any atom is -0.464 e. The van der Waals surface area contributed by atoms with Crippen molar-refractivity contribution in [3.8, 4) is 0 Å². The third kappa shape index (κ3) is 2.24. The quantitative estimate of drug-likeness (QED) is 0.752. The van der Waals surface area contributed by atoms with Gasteiger partial charge in [0.1, 0.15) is 18.1 Å². The smallest absolute Gasteiger partial charge is 0.356 e. The molecular formula is C11H14N4O3. The molecule has 0 amide bonds. The number of carbonyl (C=O) groups excluding carboxylic acids is 1. The van der Waals surface area contributed by atoms with Gasteiger partial charge < -0.3 is 13.8 Å². The van der Waals surface area contributed by atoms with E-state index in [2.05, 4.69) is 19.9 Å². The molecule has 7 heteroatoms. The molecule has 0 unspecified atom stereocenters. The second-order valence-electron chi connectivity index (χ2n) is 3.73. The maximum atomic E-state index is 11.5. The summed E-state index contributed by atoms with van der Waals surface area (Å²) in [6, 6.07) is 0. The van der Waals surface area contributed by atoms with Crippen LogP contribution in [0.25, 0.3) is 0 Å². The molecule has 2 rings (SSSR count). The van der Waals surface area contributed by atoms with E-state index in [0.717, 1.165) is 0 Å². The van der Waals surface area contributed by atoms with Crippen LogP contribution in [0.3, 0.4) is 0 Å². The lowest BCUT2D eigenvalue weighted by atomic mass is 10.4. The van der Waals surface area contributed by atoms with Gasteiger partial charge in [-0.05, 0) is 6.92 Å². The van der Waals surface area contributed by atoms with E-state index in [-0.39, 0.29) is 0 Å². The van der Waals surface area contributed by atoms with Crippen molar-refractivity contribution < 1.29 is 14.1 Å². The number of hydrogen-bond donors (Lipinski definition) is 0. The van der Waals surface area contributed by atoms with Gasteiger partial charge in [0.25, 0.3) is 0 Å². The topological polar surface area (TPSA) is 83.0 Å². The van der Waals surface area contributed by atoms with E-state index in [1.165, 1.54) is 13.3 Å². The van der Waals surface area contributed by atoms with Crippen LogP contribution in [0.1, 0.15) is 35.0 Å². The lowest BCUT2D eigenvalue weighted by Crippen LogP contribution is -2.12. The normalized spacial score (nSPS) is 10.6. The van der Waals surface area contributed by atoms with Crippen LogP contribution in [-0.2, 0) is 17.7 Å². The Morgan fingerprint density at radius 3 is 2.94 bits per heavy atom. The van der Waals surface area contributed by atoms with Crippen molar-refractivity contribution in [1.82, 2.24) is 19.7 Å². The number of rotatable bonds is 4. The molecule has 0 bridgehead atoms. The first kappa shape index (κ1) is 12.3. The van der Waals surface area contributed by atoms with Crippen LogP contribution in [0.4, 0.5) is 0 Å². The highest BCUT2D eigenvalue weighted by Crippen LogP contribution is 2.10. The van der Waals surface area contributed by atoms with E-state index in [1.54, 1.807) is 11.5 Å². The predicted octanol–water partition coefficient (Wildman–Crippen LogP) is 0.972. The van der Waals surface area contributed by atoms with Gasteiger partial charge in [-0.25, -0.2) is 9.78 Å². The largest absolute Gasteiger partial charge is 0.464 e. The lowest BCUT2D eigenvalue weighted by molar-refractivity contribution is 0.0588. The molecule has 2 aromatic heterocycles. The Morgan fingerprint density at radius 2 is 2.33 bits per heavy atom. The van der Waals surface area contributed by atoms with Crippen LogP contribution in [0.5, 0.6) is 0 Å². The van der Waals surface area contributed by atoms with Gasteiger partial charge in [-0.2, -0.15) is 4.98 Å². The summed E-state index contributed by atoms with van der Waals surface area (Å²) in [6.07, 6.45) is 2.18. The fourth-order valence-corrected chi connectivity index (χ4v) is 1.57. The van der Waals surface area contributed by atoms with Crippen LogP contribution in [0.2, 0.25) is 0 Å². The summed E-state index contributed by atoms with van der Waals surface area (Å²) in [6.45, 7) is 4.05. The van der Waals surface area contributed by atoms with Crippen LogP contribution < -0.4 is 0 Å². The highest BCUT2D eigenvalue weighted by atomic mass is 16.5. The van der Waals surface area contributed by atoms with Crippen molar-refractivity contribution in [2.24, 2.45) is 0 Å². The predicted molar refractivity (Wildman–Crippen MR) is 61.1 cm³/mol. The average molecular weight is 250 g/mol. The van der Waals surface area contributed by atoms with Crippen LogP contribution in [0, 0.1) is 6.92 Å². The number of carbonyl (C=O) groups is 1. The molecule has 0 aromatic carbocycles. The average Bonchev–Trinajstić information content (AvgIpc) is 2.97. The van der Waals surface area contributed by atoms with Gasteiger partial charge in [-0.1, -0.05) is 12.1 Å². The van der Waals surface area contributed by atoms with Crippen LogP contribution >= 0.6 is 0 Å². The van der Waals surface area contributed by atoms with Gasteiger partial charge in [-0.3, -0.25) is 0 Å². The fraction of sp³-hybridized carbons (Fsp3) is 0.455. The first-order valence-electron chi connectivity index (χ1n) is 5.57. The summed E-state index contributed by atoms with van der Waals surface area (Å²) in [5, 5.41) is 3.80. The number of imidazole rings is 1. The lowest BCUT2D eigenvalue weighted by Gasteiger charge is -2.05. The Kier molecular flexibility index (Phi) is 3.40. The Hall–Kier alpha value is -2.18. The van der Waals surface area contributed by atoms with E-state index in [4.69, 9.17) is 4.52 Å². The van der Waals surface area contributed by atoms with Gasteiger partial charge in [0.2, 0.25) is 5.89 Å². The molecule has 0 spiro atoms. The SMILES string of the molecule is CCc1noc(Cn2c(C(=O)OC)cnc2C)n1. The van der Waals surface area contributed by atoms with E-state index in [0.29, 0.717) is 36.2 Å². The number of methoxy groups -OCH3 is 1. The number of nitrogens with zero attached hydrogens (tertiary/aromatic N) is 4. The molecule has 0 aliphatic heterocycles. The molecule has 2 aromatic rings. The maximum Gasteiger partial charge on any atom is 0.356 e. The zero-order valence-corrected chi connectivity index (χ0v) is 10.5. The Bertz CT molecular complexity index is 558. The van der Waals surface area contributed by atoms with E-state index in [9.17, 15) is 4.79 Å². The first-order chi connectivity index (χ1) is 8.65. The van der Waals surface area contributed by atoms with Crippen molar-refractivity contribution in [3.63, 3.8) is 0 Å². The molecule has 0 saturated carbocycles.